The number of carboxylic acids is 1. The molecule has 1 aromatic carbocycles. The fraction of sp³-hybridized carbons (Fsp3) is 0.526. The Morgan fingerprint density at radius 3 is 2.56 bits per heavy atom. The van der Waals surface area contributed by atoms with Gasteiger partial charge in [-0.15, -0.1) is 0 Å². The number of amides is 2. The maximum Gasteiger partial charge on any atom is 0.326 e. The highest BCUT2D eigenvalue weighted by atomic mass is 16.4. The fourth-order valence-electron chi connectivity index (χ4n) is 3.10. The number of phenols is 1. The Morgan fingerprint density at radius 2 is 1.96 bits per heavy atom. The molecule has 2 rings (SSSR count). The van der Waals surface area contributed by atoms with Crippen molar-refractivity contribution in [3.8, 4) is 5.75 Å². The number of rotatable bonds is 9. The molecule has 1 aliphatic heterocycles. The van der Waals surface area contributed by atoms with Gasteiger partial charge in [0, 0.05) is 25.9 Å². The van der Waals surface area contributed by atoms with Gasteiger partial charge in [0.1, 0.15) is 11.8 Å². The van der Waals surface area contributed by atoms with E-state index in [4.69, 9.17) is 0 Å². The molecule has 0 aliphatic carbocycles. The quantitative estimate of drug-likeness (QED) is 0.571. The van der Waals surface area contributed by atoms with Crippen LogP contribution in [0.2, 0.25) is 0 Å². The molecular weight excluding hydrogens is 350 g/mol. The van der Waals surface area contributed by atoms with Gasteiger partial charge in [0.2, 0.25) is 11.8 Å². The number of nitrogens with zero attached hydrogens (tertiary/aromatic N) is 2. The van der Waals surface area contributed by atoms with Crippen LogP contribution >= 0.6 is 0 Å². The van der Waals surface area contributed by atoms with Crippen molar-refractivity contribution in [3.63, 3.8) is 0 Å². The zero-order valence-electron chi connectivity index (χ0n) is 15.7. The molecule has 1 fully saturated rings. The van der Waals surface area contributed by atoms with E-state index in [9.17, 15) is 24.6 Å². The summed E-state index contributed by atoms with van der Waals surface area (Å²) in [6.07, 6.45) is 1.04. The van der Waals surface area contributed by atoms with Crippen LogP contribution in [0.3, 0.4) is 0 Å². The lowest BCUT2D eigenvalue weighted by Crippen LogP contribution is -2.45. The molecule has 3 N–H and O–H groups in total. The third-order valence-corrected chi connectivity index (χ3v) is 4.61. The molecule has 2 unspecified atom stereocenters. The number of phenolic OH excluding ortho intramolecular Hbond substituents is 1. The lowest BCUT2D eigenvalue weighted by molar-refractivity contribution is -0.142. The number of benzene rings is 1. The van der Waals surface area contributed by atoms with E-state index in [-0.39, 0.29) is 24.5 Å². The van der Waals surface area contributed by atoms with Crippen LogP contribution in [0.25, 0.3) is 0 Å². The predicted molar refractivity (Wildman–Crippen MR) is 99.2 cm³/mol. The first kappa shape index (κ1) is 20.7. The Kier molecular flexibility index (Phi) is 7.18. The molecule has 2 atom stereocenters. The lowest BCUT2D eigenvalue weighted by atomic mass is 10.0. The van der Waals surface area contributed by atoms with Crippen molar-refractivity contribution >= 4 is 17.8 Å². The van der Waals surface area contributed by atoms with E-state index in [1.165, 1.54) is 12.1 Å². The highest BCUT2D eigenvalue weighted by Crippen LogP contribution is 2.19. The van der Waals surface area contributed by atoms with Gasteiger partial charge in [-0.25, -0.2) is 4.79 Å². The summed E-state index contributed by atoms with van der Waals surface area (Å²) in [4.78, 5) is 39.8. The predicted octanol–water partition coefficient (Wildman–Crippen LogP) is 0.304. The van der Waals surface area contributed by atoms with Crippen molar-refractivity contribution in [2.45, 2.75) is 25.3 Å². The Morgan fingerprint density at radius 1 is 1.30 bits per heavy atom. The van der Waals surface area contributed by atoms with Crippen molar-refractivity contribution in [2.75, 3.05) is 33.7 Å². The van der Waals surface area contributed by atoms with Crippen LogP contribution in [-0.2, 0) is 20.8 Å². The summed E-state index contributed by atoms with van der Waals surface area (Å²) in [6, 6.07) is 5.08. The van der Waals surface area contributed by atoms with Gasteiger partial charge < -0.3 is 25.3 Å². The molecule has 1 aromatic rings. The van der Waals surface area contributed by atoms with Gasteiger partial charge in [0.25, 0.3) is 0 Å². The third-order valence-electron chi connectivity index (χ3n) is 4.61. The van der Waals surface area contributed by atoms with E-state index < -0.39 is 23.8 Å². The normalized spacial score (nSPS) is 18.0. The average molecular weight is 377 g/mol. The molecule has 8 heteroatoms. The van der Waals surface area contributed by atoms with Crippen molar-refractivity contribution in [1.29, 1.82) is 0 Å². The molecule has 2 amide bonds. The number of hydrogen-bond acceptors (Lipinski definition) is 5. The molecule has 1 saturated heterocycles. The van der Waals surface area contributed by atoms with Crippen LogP contribution in [-0.4, -0.2) is 77.6 Å². The second-order valence-corrected chi connectivity index (χ2v) is 7.17. The average Bonchev–Trinajstić information content (AvgIpc) is 2.97. The molecule has 0 spiro atoms. The minimum absolute atomic E-state index is 0.0701. The van der Waals surface area contributed by atoms with Gasteiger partial charge in [-0.3, -0.25) is 9.59 Å². The monoisotopic (exact) mass is 377 g/mol. The van der Waals surface area contributed by atoms with E-state index in [2.05, 4.69) is 5.32 Å². The minimum atomic E-state index is -1.14. The number of nitrogens with one attached hydrogen (secondary N) is 1. The molecule has 8 nitrogen and oxygen atoms in total. The van der Waals surface area contributed by atoms with Crippen LogP contribution in [0.1, 0.15) is 18.4 Å². The Labute approximate surface area is 158 Å². The van der Waals surface area contributed by atoms with Crippen molar-refractivity contribution in [3.05, 3.63) is 29.8 Å². The van der Waals surface area contributed by atoms with E-state index in [0.717, 1.165) is 13.0 Å². The summed E-state index contributed by atoms with van der Waals surface area (Å²) in [5.41, 5.74) is 0.688. The summed E-state index contributed by atoms with van der Waals surface area (Å²) in [6.45, 7) is 1.77. The third kappa shape index (κ3) is 6.25. The number of likely N-dealkylation sites (tertiary alicyclic amines) is 1. The molecule has 1 heterocycles. The number of hydrogen-bond donors (Lipinski definition) is 3. The van der Waals surface area contributed by atoms with Gasteiger partial charge in [-0.05, 0) is 44.8 Å². The van der Waals surface area contributed by atoms with Crippen LogP contribution < -0.4 is 5.32 Å². The van der Waals surface area contributed by atoms with Crippen molar-refractivity contribution in [1.82, 2.24) is 15.1 Å². The molecule has 148 valence electrons. The maximum absolute atomic E-state index is 12.5. The SMILES string of the molecule is CN(C)CCCN1CC(C(=O)NC(Cc2ccc(O)cc2)C(=O)O)CC1=O. The molecule has 0 radical (unpaired) electrons. The van der Waals surface area contributed by atoms with Gasteiger partial charge in [0.15, 0.2) is 0 Å². The second-order valence-electron chi connectivity index (χ2n) is 7.17. The zero-order chi connectivity index (χ0) is 20.0. The first-order valence-electron chi connectivity index (χ1n) is 9.00. The first-order chi connectivity index (χ1) is 12.8. The Hall–Kier alpha value is -2.61. The number of aromatic hydroxyl groups is 1. The Balaban J connectivity index is 1.90. The number of carboxylic acid groups (broad SMARTS) is 1. The highest BCUT2D eigenvalue weighted by Gasteiger charge is 2.35. The molecule has 0 aromatic heterocycles. The molecule has 27 heavy (non-hydrogen) atoms. The smallest absolute Gasteiger partial charge is 0.326 e. The summed E-state index contributed by atoms with van der Waals surface area (Å²) < 4.78 is 0. The highest BCUT2D eigenvalue weighted by molar-refractivity contribution is 5.91. The first-order valence-corrected chi connectivity index (χ1v) is 9.00. The summed E-state index contributed by atoms with van der Waals surface area (Å²) in [5, 5.41) is 21.3. The van der Waals surface area contributed by atoms with E-state index >= 15 is 0 Å². The van der Waals surface area contributed by atoms with Crippen LogP contribution in [0.5, 0.6) is 5.75 Å². The van der Waals surface area contributed by atoms with Crippen LogP contribution in [0.15, 0.2) is 24.3 Å². The molecular formula is C19H27N3O5. The Bertz CT molecular complexity index is 674. The van der Waals surface area contributed by atoms with Crippen molar-refractivity contribution < 1.29 is 24.6 Å². The van der Waals surface area contributed by atoms with Gasteiger partial charge in [0.05, 0.1) is 5.92 Å². The van der Waals surface area contributed by atoms with Gasteiger partial charge in [-0.2, -0.15) is 0 Å². The topological polar surface area (TPSA) is 110 Å². The standard InChI is InChI=1S/C19H27N3O5/c1-21(2)8-3-9-22-12-14(11-17(22)24)18(25)20-16(19(26)27)10-13-4-6-15(23)7-5-13/h4-7,14,16,23H,3,8-12H2,1-2H3,(H,20,25)(H,26,27). The number of aliphatic carboxylic acids is 1. The molecule has 1 aliphatic rings. The van der Waals surface area contributed by atoms with Gasteiger partial charge >= 0.3 is 5.97 Å². The van der Waals surface area contributed by atoms with E-state index in [0.29, 0.717) is 18.7 Å². The minimum Gasteiger partial charge on any atom is -0.508 e. The second kappa shape index (κ2) is 9.36. The van der Waals surface area contributed by atoms with Crippen LogP contribution in [0, 0.1) is 5.92 Å². The maximum atomic E-state index is 12.5. The lowest BCUT2D eigenvalue weighted by Gasteiger charge is -2.19. The fourth-order valence-corrected chi connectivity index (χ4v) is 3.10. The molecule has 0 saturated carbocycles. The van der Waals surface area contributed by atoms with Gasteiger partial charge in [-0.1, -0.05) is 12.1 Å². The zero-order valence-corrected chi connectivity index (χ0v) is 15.7. The summed E-state index contributed by atoms with van der Waals surface area (Å²) in [5.74, 6) is -2.06. The molecule has 0 bridgehead atoms. The number of carbonyl (C=O) groups is 3. The summed E-state index contributed by atoms with van der Waals surface area (Å²) >= 11 is 0. The largest absolute Gasteiger partial charge is 0.508 e. The van der Waals surface area contributed by atoms with E-state index in [1.807, 2.05) is 19.0 Å². The van der Waals surface area contributed by atoms with E-state index in [1.54, 1.807) is 17.0 Å². The van der Waals surface area contributed by atoms with Crippen molar-refractivity contribution in [2.24, 2.45) is 5.92 Å². The summed E-state index contributed by atoms with van der Waals surface area (Å²) in [7, 11) is 3.92. The van der Waals surface area contributed by atoms with Crippen LogP contribution in [0.4, 0.5) is 0 Å². The number of carbonyl (C=O) groups excluding carboxylic acids is 2.